The maximum Gasteiger partial charge on any atom is 0.505 e. The Bertz CT molecular complexity index is 106. The van der Waals surface area contributed by atoms with Gasteiger partial charge < -0.3 is 8.79 Å². The molecule has 1 heterocycles. The highest BCUT2D eigenvalue weighted by atomic mass is 15.3. The zero-order valence-corrected chi connectivity index (χ0v) is 7.46. The lowest BCUT2D eigenvalue weighted by Gasteiger charge is -2.40. The highest BCUT2D eigenvalue weighted by Crippen LogP contribution is 2.05. The molecule has 0 bridgehead atoms. The van der Waals surface area contributed by atoms with Crippen LogP contribution in [0.2, 0.25) is 0 Å². The summed E-state index contributed by atoms with van der Waals surface area (Å²) in [5.41, 5.74) is 0. The van der Waals surface area contributed by atoms with Crippen molar-refractivity contribution in [2.45, 2.75) is 0 Å². The molecule has 0 aromatic carbocycles. The minimum atomic E-state index is 1.03. The van der Waals surface area contributed by atoms with Crippen LogP contribution in [-0.2, 0) is 0 Å². The fraction of sp³-hybridized carbons (Fsp3) is 1.00. The summed E-state index contributed by atoms with van der Waals surface area (Å²) >= 11 is 0. The van der Waals surface area contributed by atoms with Crippen molar-refractivity contribution in [1.29, 1.82) is 0 Å². The van der Waals surface area contributed by atoms with Gasteiger partial charge in [-0.1, -0.05) is 0 Å². The van der Waals surface area contributed by atoms with E-state index in [-0.39, 0.29) is 0 Å². The number of rotatable bonds is 0. The molecule has 0 aliphatic carbocycles. The van der Waals surface area contributed by atoms with Crippen molar-refractivity contribution in [3.63, 3.8) is 0 Å². The average Bonchev–Trinajstić information content (AvgIpc) is 1.79. The summed E-state index contributed by atoms with van der Waals surface area (Å²) in [6.45, 7) is 0. The molecule has 0 amide bonds. The molecule has 1 aliphatic rings. The molecule has 54 valence electrons. The summed E-state index contributed by atoms with van der Waals surface area (Å²) in [4.78, 5) is 0. The van der Waals surface area contributed by atoms with Crippen molar-refractivity contribution in [3.05, 3.63) is 0 Å². The van der Waals surface area contributed by atoms with Gasteiger partial charge in [0.05, 0.1) is 0 Å². The Labute approximate surface area is 65.5 Å². The van der Waals surface area contributed by atoms with Crippen LogP contribution < -0.4 is 0 Å². The number of hydrogen-bond donors (Lipinski definition) is 0. The van der Waals surface area contributed by atoms with Gasteiger partial charge in [0.25, 0.3) is 0 Å². The van der Waals surface area contributed by atoms with Crippen LogP contribution >= 0.6 is 0 Å². The minimum absolute atomic E-state index is 1.03. The molecule has 2 radical (unpaired) electrons. The standard InChI is InChI=1S/C6H16B2N2/c1-9(2)5-8-10(3,4)6-7-9/h5-6H2,1-4H3/q+2. The molecule has 0 N–H and O–H groups in total. The van der Waals surface area contributed by atoms with Gasteiger partial charge in [-0.25, -0.2) is 0 Å². The van der Waals surface area contributed by atoms with Crippen LogP contribution in [0.4, 0.5) is 0 Å². The predicted octanol–water partition coefficient (Wildman–Crippen LogP) is -0.694. The Morgan fingerprint density at radius 1 is 0.800 bits per heavy atom. The quantitative estimate of drug-likeness (QED) is 0.388. The van der Waals surface area contributed by atoms with Crippen LogP contribution in [-0.4, -0.2) is 64.7 Å². The SMILES string of the molecule is C[N+]1(C)[B]C[N+](C)(C)[B]C1. The van der Waals surface area contributed by atoms with E-state index < -0.39 is 0 Å². The van der Waals surface area contributed by atoms with Crippen LogP contribution in [0.15, 0.2) is 0 Å². The molecular formula is C6H16B2N2+2. The second kappa shape index (κ2) is 2.28. The van der Waals surface area contributed by atoms with Crippen molar-refractivity contribution in [2.24, 2.45) is 0 Å². The van der Waals surface area contributed by atoms with Gasteiger partial charge in [0, 0.05) is 28.2 Å². The average molecular weight is 138 g/mol. The molecule has 0 aromatic rings. The maximum absolute atomic E-state index is 2.36. The van der Waals surface area contributed by atoms with Gasteiger partial charge in [0.15, 0.2) is 0 Å². The van der Waals surface area contributed by atoms with Gasteiger partial charge in [-0.05, 0) is 0 Å². The molecule has 1 aliphatic heterocycles. The van der Waals surface area contributed by atoms with E-state index in [1.165, 1.54) is 0 Å². The van der Waals surface area contributed by atoms with E-state index in [0.717, 1.165) is 21.7 Å². The fourth-order valence-electron chi connectivity index (χ4n) is 1.01. The first-order chi connectivity index (χ1) is 4.41. The largest absolute Gasteiger partial charge is 0.505 e. The monoisotopic (exact) mass is 138 g/mol. The third kappa shape index (κ3) is 2.03. The van der Waals surface area contributed by atoms with E-state index in [1.807, 2.05) is 0 Å². The highest BCUT2D eigenvalue weighted by Gasteiger charge is 2.37. The summed E-state index contributed by atoms with van der Waals surface area (Å²) in [7, 11) is 13.6. The van der Waals surface area contributed by atoms with Crippen molar-refractivity contribution in [1.82, 2.24) is 0 Å². The molecule has 1 saturated heterocycles. The van der Waals surface area contributed by atoms with E-state index in [2.05, 4.69) is 43.0 Å². The Kier molecular flexibility index (Phi) is 1.86. The van der Waals surface area contributed by atoms with Crippen LogP contribution in [0.3, 0.4) is 0 Å². The molecule has 1 fully saturated rings. The third-order valence-electron chi connectivity index (χ3n) is 2.09. The number of hydrogen-bond acceptors (Lipinski definition) is 0. The van der Waals surface area contributed by atoms with E-state index in [0.29, 0.717) is 0 Å². The number of nitrogens with zero attached hydrogens (tertiary/aromatic N) is 2. The second-order valence-electron chi connectivity index (χ2n) is 4.29. The summed E-state index contributed by atoms with van der Waals surface area (Å²) in [6, 6.07) is 0. The molecule has 0 spiro atoms. The summed E-state index contributed by atoms with van der Waals surface area (Å²) in [5, 5.41) is 0. The van der Waals surface area contributed by atoms with E-state index in [9.17, 15) is 0 Å². The Morgan fingerprint density at radius 3 is 1.30 bits per heavy atom. The van der Waals surface area contributed by atoms with Gasteiger partial charge in [-0.2, -0.15) is 0 Å². The van der Waals surface area contributed by atoms with Crippen LogP contribution in [0, 0.1) is 0 Å². The molecule has 0 atom stereocenters. The van der Waals surface area contributed by atoms with Crippen molar-refractivity contribution < 1.29 is 8.79 Å². The molecule has 4 heteroatoms. The first kappa shape index (κ1) is 8.15. The lowest BCUT2D eigenvalue weighted by molar-refractivity contribution is -0.834. The molecule has 0 saturated carbocycles. The van der Waals surface area contributed by atoms with Gasteiger partial charge in [-0.3, -0.25) is 0 Å². The van der Waals surface area contributed by atoms with E-state index in [1.54, 1.807) is 0 Å². The van der Waals surface area contributed by atoms with Crippen molar-refractivity contribution in [2.75, 3.05) is 41.1 Å². The molecule has 2 nitrogen and oxygen atoms in total. The summed E-state index contributed by atoms with van der Waals surface area (Å²) in [6.07, 6.45) is 2.29. The Morgan fingerprint density at radius 2 is 1.10 bits per heavy atom. The zero-order chi connectivity index (χ0) is 7.83. The topological polar surface area (TPSA) is 0 Å². The van der Waals surface area contributed by atoms with Crippen molar-refractivity contribution >= 4 is 14.8 Å². The van der Waals surface area contributed by atoms with Gasteiger partial charge in [-0.15, -0.1) is 0 Å². The van der Waals surface area contributed by atoms with E-state index >= 15 is 0 Å². The lowest BCUT2D eigenvalue weighted by Crippen LogP contribution is -2.64. The summed E-state index contributed by atoms with van der Waals surface area (Å²) in [5.74, 6) is 0. The number of quaternary nitrogens is 2. The maximum atomic E-state index is 2.36. The Hall–Kier alpha value is 0.0499. The molecular weight excluding hydrogens is 122 g/mol. The van der Waals surface area contributed by atoms with Crippen molar-refractivity contribution in [3.8, 4) is 0 Å². The van der Waals surface area contributed by atoms with Gasteiger partial charge >= 0.3 is 14.8 Å². The normalized spacial score (nSPS) is 28.4. The first-order valence-electron chi connectivity index (χ1n) is 3.75. The van der Waals surface area contributed by atoms with Gasteiger partial charge in [0.1, 0.15) is 12.9 Å². The third-order valence-corrected chi connectivity index (χ3v) is 2.09. The molecule has 0 aromatic heterocycles. The molecule has 0 unspecified atom stereocenters. The predicted molar refractivity (Wildman–Crippen MR) is 45.5 cm³/mol. The summed E-state index contributed by atoms with van der Waals surface area (Å²) < 4.78 is 2.06. The molecule has 10 heavy (non-hydrogen) atoms. The second-order valence-corrected chi connectivity index (χ2v) is 4.29. The zero-order valence-electron chi connectivity index (χ0n) is 7.46. The minimum Gasteiger partial charge on any atom is -0.397 e. The van der Waals surface area contributed by atoms with Crippen LogP contribution in [0.25, 0.3) is 0 Å². The molecule has 1 rings (SSSR count). The highest BCUT2D eigenvalue weighted by molar-refractivity contribution is 6.35. The van der Waals surface area contributed by atoms with Gasteiger partial charge in [0.2, 0.25) is 0 Å². The smallest absolute Gasteiger partial charge is 0.397 e. The Balaban J connectivity index is 2.46. The van der Waals surface area contributed by atoms with E-state index in [4.69, 9.17) is 0 Å². The van der Waals surface area contributed by atoms with Crippen LogP contribution in [0.1, 0.15) is 0 Å². The van der Waals surface area contributed by atoms with Crippen LogP contribution in [0.5, 0.6) is 0 Å². The first-order valence-corrected chi connectivity index (χ1v) is 3.75. The fourth-order valence-corrected chi connectivity index (χ4v) is 1.01. The lowest BCUT2D eigenvalue weighted by atomic mass is 9.70.